The summed E-state index contributed by atoms with van der Waals surface area (Å²) in [4.78, 5) is 37.5. The number of nitrogens with two attached hydrogens (primary N) is 2. The Balaban J connectivity index is 1.46. The fraction of sp³-hybridized carbons (Fsp3) is 0.921. The van der Waals surface area contributed by atoms with Gasteiger partial charge in [-0.05, 0) is 123 Å². The SMILES string of the molecule is COC(C[C@@H](C)C1C[C@H](CC(=O)CN)[C@@]2(C)[C@@H]3CC[C@H]4C(C)(C)[C@@H](OC(=O)CN)CC[C@@]45CC35CC[C@]12C)[C@H](OC(C)=O)C(C)(C)O. The van der Waals surface area contributed by atoms with Gasteiger partial charge in [-0.15, -0.1) is 0 Å². The van der Waals surface area contributed by atoms with Gasteiger partial charge in [-0.25, -0.2) is 0 Å². The van der Waals surface area contributed by atoms with Crippen molar-refractivity contribution in [2.45, 2.75) is 144 Å². The van der Waals surface area contributed by atoms with Crippen molar-refractivity contribution in [3.63, 3.8) is 0 Å². The van der Waals surface area contributed by atoms with Gasteiger partial charge in [0, 0.05) is 25.9 Å². The van der Waals surface area contributed by atoms with Crippen LogP contribution in [0.25, 0.3) is 0 Å². The van der Waals surface area contributed by atoms with Crippen LogP contribution in [-0.2, 0) is 28.6 Å². The molecule has 0 saturated heterocycles. The Morgan fingerprint density at radius 1 is 0.957 bits per heavy atom. The van der Waals surface area contributed by atoms with Gasteiger partial charge in [-0.1, -0.05) is 34.6 Å². The predicted molar refractivity (Wildman–Crippen MR) is 180 cm³/mol. The molecule has 0 amide bonds. The first-order valence-corrected chi connectivity index (χ1v) is 18.3. The van der Waals surface area contributed by atoms with Crippen molar-refractivity contribution in [1.29, 1.82) is 0 Å². The van der Waals surface area contributed by atoms with Crippen LogP contribution in [0.2, 0.25) is 0 Å². The van der Waals surface area contributed by atoms with Crippen molar-refractivity contribution in [2.24, 2.45) is 68.1 Å². The number of ether oxygens (including phenoxy) is 3. The van der Waals surface area contributed by atoms with Gasteiger partial charge in [0.15, 0.2) is 6.10 Å². The summed E-state index contributed by atoms with van der Waals surface area (Å²) in [6.45, 7) is 16.6. The number of fused-ring (bicyclic) bond motifs is 2. The highest BCUT2D eigenvalue weighted by atomic mass is 16.6. The number of hydrogen-bond acceptors (Lipinski definition) is 9. The molecule has 0 aromatic rings. The summed E-state index contributed by atoms with van der Waals surface area (Å²) in [7, 11) is 1.63. The summed E-state index contributed by atoms with van der Waals surface area (Å²) in [6, 6.07) is 0. The molecular weight excluding hydrogens is 596 g/mol. The summed E-state index contributed by atoms with van der Waals surface area (Å²) < 4.78 is 17.6. The molecule has 0 aromatic heterocycles. The van der Waals surface area contributed by atoms with E-state index in [2.05, 4.69) is 34.6 Å². The summed E-state index contributed by atoms with van der Waals surface area (Å²) in [5.41, 5.74) is 10.7. The maximum atomic E-state index is 13.1. The number of ketones is 1. The summed E-state index contributed by atoms with van der Waals surface area (Å²) in [5, 5.41) is 11.0. The second kappa shape index (κ2) is 12.3. The number of aliphatic hydroxyl groups is 1. The highest BCUT2D eigenvalue weighted by Gasteiger charge is 2.83. The van der Waals surface area contributed by atoms with E-state index in [0.717, 1.165) is 38.5 Å². The van der Waals surface area contributed by atoms with Gasteiger partial charge in [-0.2, -0.15) is 0 Å². The normalized spacial score (nSPS) is 42.1. The van der Waals surface area contributed by atoms with Crippen LogP contribution in [0, 0.1) is 56.7 Å². The van der Waals surface area contributed by atoms with E-state index < -0.39 is 23.8 Å². The first-order chi connectivity index (χ1) is 21.8. The lowest BCUT2D eigenvalue weighted by molar-refractivity contribution is -0.188. The summed E-state index contributed by atoms with van der Waals surface area (Å²) >= 11 is 0. The monoisotopic (exact) mass is 660 g/mol. The fourth-order valence-electron chi connectivity index (χ4n) is 13.3. The molecule has 0 aromatic carbocycles. The zero-order valence-electron chi connectivity index (χ0n) is 30.7. The molecule has 5 aliphatic carbocycles. The molecule has 5 saturated carbocycles. The average Bonchev–Trinajstić information content (AvgIpc) is 3.60. The van der Waals surface area contributed by atoms with E-state index in [1.165, 1.54) is 19.8 Å². The Labute approximate surface area is 283 Å². The molecular formula is C38H64N2O7. The van der Waals surface area contributed by atoms with Crippen LogP contribution < -0.4 is 11.5 Å². The minimum Gasteiger partial charge on any atom is -0.461 e. The highest BCUT2D eigenvalue weighted by Crippen LogP contribution is 2.89. The molecule has 268 valence electrons. The van der Waals surface area contributed by atoms with Crippen LogP contribution in [0.5, 0.6) is 0 Å². The Kier molecular flexibility index (Phi) is 9.65. The molecule has 9 heteroatoms. The molecule has 0 bridgehead atoms. The zero-order valence-corrected chi connectivity index (χ0v) is 30.7. The Hall–Kier alpha value is -1.55. The van der Waals surface area contributed by atoms with Gasteiger partial charge in [0.05, 0.1) is 24.8 Å². The smallest absolute Gasteiger partial charge is 0.319 e. The van der Waals surface area contributed by atoms with Gasteiger partial charge >= 0.3 is 11.9 Å². The lowest BCUT2D eigenvalue weighted by atomic mass is 9.40. The van der Waals surface area contributed by atoms with Crippen molar-refractivity contribution in [3.8, 4) is 0 Å². The highest BCUT2D eigenvalue weighted by molar-refractivity contribution is 5.80. The third-order valence-electron chi connectivity index (χ3n) is 15.5. The van der Waals surface area contributed by atoms with E-state index in [4.69, 9.17) is 25.7 Å². The van der Waals surface area contributed by atoms with Crippen LogP contribution in [0.15, 0.2) is 0 Å². The molecule has 47 heavy (non-hydrogen) atoms. The minimum atomic E-state index is -1.26. The molecule has 3 unspecified atom stereocenters. The number of carbonyl (C=O) groups is 3. The zero-order chi connectivity index (χ0) is 35.0. The van der Waals surface area contributed by atoms with Crippen LogP contribution >= 0.6 is 0 Å². The molecule has 5 N–H and O–H groups in total. The standard InChI is InChI=1S/C38H64N2O7/c1-22(16-27(45-9)32(34(5,6)44)46-23(2)41)26-18-24(17-25(42)19-39)36(8)29-11-10-28-33(3,4)30(47-31(43)20-40)12-13-37(28)21-38(29,37)15-14-35(26,36)7/h22,24,26-30,32,44H,10-21,39-40H2,1-9H3/t22-,24+,26?,27?,28+,29+,30+,32+,35-,36+,37-,38?/m1/s1. The molecule has 0 radical (unpaired) electrons. The van der Waals surface area contributed by atoms with E-state index in [-0.39, 0.29) is 69.9 Å². The number of rotatable bonds is 12. The lowest BCUT2D eigenvalue weighted by Crippen LogP contribution is -2.59. The molecule has 5 fully saturated rings. The van der Waals surface area contributed by atoms with E-state index in [9.17, 15) is 19.5 Å². The van der Waals surface area contributed by atoms with Crippen LogP contribution in [0.3, 0.4) is 0 Å². The molecule has 5 aliphatic rings. The molecule has 9 nitrogen and oxygen atoms in total. The van der Waals surface area contributed by atoms with E-state index in [1.807, 2.05) is 0 Å². The maximum Gasteiger partial charge on any atom is 0.319 e. The Morgan fingerprint density at radius 3 is 2.17 bits per heavy atom. The topological polar surface area (TPSA) is 151 Å². The van der Waals surface area contributed by atoms with Gasteiger partial charge in [0.2, 0.25) is 0 Å². The molecule has 0 aliphatic heterocycles. The number of Topliss-reactive ketones (excluding diaryl/α,β-unsaturated/α-hetero) is 1. The number of esters is 2. The van der Waals surface area contributed by atoms with Crippen LogP contribution in [-0.4, -0.2) is 66.9 Å². The summed E-state index contributed by atoms with van der Waals surface area (Å²) in [5.74, 6) is 1.19. The van der Waals surface area contributed by atoms with E-state index >= 15 is 0 Å². The number of hydrogen-bond donors (Lipinski definition) is 3. The number of methoxy groups -OCH3 is 1. The van der Waals surface area contributed by atoms with Gasteiger partial charge in [0.25, 0.3) is 0 Å². The molecule has 12 atom stereocenters. The van der Waals surface area contributed by atoms with Crippen molar-refractivity contribution in [3.05, 3.63) is 0 Å². The van der Waals surface area contributed by atoms with Gasteiger partial charge in [0.1, 0.15) is 11.9 Å². The van der Waals surface area contributed by atoms with Gasteiger partial charge < -0.3 is 30.8 Å². The quantitative estimate of drug-likeness (QED) is 0.241. The van der Waals surface area contributed by atoms with Crippen molar-refractivity contribution >= 4 is 17.7 Å². The largest absolute Gasteiger partial charge is 0.461 e. The second-order valence-electron chi connectivity index (χ2n) is 18.1. The average molecular weight is 661 g/mol. The number of carbonyl (C=O) groups excluding carboxylic acids is 3. The maximum absolute atomic E-state index is 13.1. The van der Waals surface area contributed by atoms with Gasteiger partial charge in [-0.3, -0.25) is 14.4 Å². The first-order valence-electron chi connectivity index (χ1n) is 18.3. The minimum absolute atomic E-state index is 0.00578. The predicted octanol–water partition coefficient (Wildman–Crippen LogP) is 5.18. The molecule has 2 spiro atoms. The van der Waals surface area contributed by atoms with Crippen molar-refractivity contribution in [1.82, 2.24) is 0 Å². The van der Waals surface area contributed by atoms with Crippen molar-refractivity contribution in [2.75, 3.05) is 20.2 Å². The lowest BCUT2D eigenvalue weighted by Gasteiger charge is -2.64. The summed E-state index contributed by atoms with van der Waals surface area (Å²) in [6.07, 6.45) is 8.52. The third-order valence-corrected chi connectivity index (χ3v) is 15.5. The molecule has 5 rings (SSSR count). The first kappa shape index (κ1) is 36.7. The molecule has 0 heterocycles. The van der Waals surface area contributed by atoms with Crippen molar-refractivity contribution < 1.29 is 33.7 Å². The fourth-order valence-corrected chi connectivity index (χ4v) is 13.3. The van der Waals surface area contributed by atoms with E-state index in [0.29, 0.717) is 30.6 Å². The Morgan fingerprint density at radius 2 is 1.60 bits per heavy atom. The van der Waals surface area contributed by atoms with Crippen LogP contribution in [0.1, 0.15) is 120 Å². The van der Waals surface area contributed by atoms with E-state index in [1.54, 1.807) is 21.0 Å². The third kappa shape index (κ3) is 5.52. The van der Waals surface area contributed by atoms with Crippen LogP contribution in [0.4, 0.5) is 0 Å². The Bertz CT molecular complexity index is 1230. The second-order valence-corrected chi connectivity index (χ2v) is 18.1.